The largest absolute Gasteiger partial charge is 0.358 e. The van der Waals surface area contributed by atoms with Crippen LogP contribution in [0.4, 0.5) is 15.8 Å². The molecule has 0 bridgehead atoms. The van der Waals surface area contributed by atoms with Crippen LogP contribution in [-0.4, -0.2) is 16.8 Å². The van der Waals surface area contributed by atoms with Crippen LogP contribution in [0.25, 0.3) is 10.9 Å². The molecule has 24 heavy (non-hydrogen) atoms. The first-order valence-corrected chi connectivity index (χ1v) is 7.41. The van der Waals surface area contributed by atoms with Gasteiger partial charge in [0.05, 0.1) is 5.56 Å². The van der Waals surface area contributed by atoms with E-state index in [1.54, 1.807) is 43.3 Å². The Morgan fingerprint density at radius 2 is 1.62 bits per heavy atom. The van der Waals surface area contributed by atoms with E-state index in [0.717, 1.165) is 0 Å². The van der Waals surface area contributed by atoms with Crippen molar-refractivity contribution in [2.75, 3.05) is 10.6 Å². The lowest BCUT2D eigenvalue weighted by Gasteiger charge is -2.07. The lowest BCUT2D eigenvalue weighted by Crippen LogP contribution is -2.13. The number of rotatable bonds is 3. The number of aromatic amines is 1. The highest BCUT2D eigenvalue weighted by atomic mass is 19.1. The highest BCUT2D eigenvalue weighted by molar-refractivity contribution is 6.14. The molecule has 0 radical (unpaired) electrons. The summed E-state index contributed by atoms with van der Waals surface area (Å²) in [4.78, 5) is 26.6. The van der Waals surface area contributed by atoms with Crippen molar-refractivity contribution >= 4 is 34.1 Å². The number of anilines is 2. The second-order valence-corrected chi connectivity index (χ2v) is 5.50. The minimum absolute atomic E-state index is 0.170. The van der Waals surface area contributed by atoms with Crippen LogP contribution in [0.5, 0.6) is 0 Å². The Balaban J connectivity index is 1.88. The molecule has 2 aromatic carbocycles. The maximum atomic E-state index is 14.1. The first-order chi connectivity index (χ1) is 11.5. The average molecular weight is 325 g/mol. The molecule has 0 aliphatic rings. The molecular formula is C18H16FN3O2. The van der Waals surface area contributed by atoms with Gasteiger partial charge < -0.3 is 15.6 Å². The number of hydrogen-bond donors (Lipinski definition) is 3. The maximum absolute atomic E-state index is 14.1. The van der Waals surface area contributed by atoms with Crippen molar-refractivity contribution in [1.82, 2.24) is 4.98 Å². The fourth-order valence-corrected chi connectivity index (χ4v) is 2.65. The minimum Gasteiger partial charge on any atom is -0.358 e. The van der Waals surface area contributed by atoms with Gasteiger partial charge in [-0.3, -0.25) is 9.59 Å². The summed E-state index contributed by atoms with van der Waals surface area (Å²) in [5.41, 5.74) is 2.66. The standard InChI is InChI=1S/C18H16FN3O2/c1-10-16(17-14(19)4-3-5-15(17)20-10)18(24)22-13-8-6-12(7-9-13)21-11(2)23/h3-9,20H,1-2H3,(H,21,23)(H,22,24). The Labute approximate surface area is 137 Å². The number of nitrogens with one attached hydrogen (secondary N) is 3. The van der Waals surface area contributed by atoms with Gasteiger partial charge >= 0.3 is 0 Å². The molecule has 6 heteroatoms. The van der Waals surface area contributed by atoms with Gasteiger partial charge in [-0.2, -0.15) is 0 Å². The van der Waals surface area contributed by atoms with Crippen molar-refractivity contribution in [3.8, 4) is 0 Å². The highest BCUT2D eigenvalue weighted by Gasteiger charge is 2.19. The number of hydrogen-bond acceptors (Lipinski definition) is 2. The second kappa shape index (κ2) is 6.16. The SMILES string of the molecule is CC(=O)Nc1ccc(NC(=O)c2c(C)[nH]c3cccc(F)c23)cc1. The number of aromatic nitrogens is 1. The van der Waals surface area contributed by atoms with Gasteiger partial charge in [-0.1, -0.05) is 6.07 Å². The molecule has 1 aromatic heterocycles. The number of H-pyrrole nitrogens is 1. The Bertz CT molecular complexity index is 929. The number of halogens is 1. The third kappa shape index (κ3) is 2.99. The van der Waals surface area contributed by atoms with Gasteiger partial charge in [-0.25, -0.2) is 4.39 Å². The summed E-state index contributed by atoms with van der Waals surface area (Å²) in [6.07, 6.45) is 0. The van der Waals surface area contributed by atoms with Crippen molar-refractivity contribution in [3.63, 3.8) is 0 Å². The molecule has 0 saturated carbocycles. The molecule has 0 spiro atoms. The zero-order valence-electron chi connectivity index (χ0n) is 13.2. The van der Waals surface area contributed by atoms with E-state index in [0.29, 0.717) is 22.6 Å². The lowest BCUT2D eigenvalue weighted by atomic mass is 10.1. The van der Waals surface area contributed by atoms with Crippen LogP contribution in [0.1, 0.15) is 23.0 Å². The summed E-state index contributed by atoms with van der Waals surface area (Å²) in [6.45, 7) is 3.15. The Morgan fingerprint density at radius 1 is 1.00 bits per heavy atom. The topological polar surface area (TPSA) is 74.0 Å². The molecule has 3 N–H and O–H groups in total. The van der Waals surface area contributed by atoms with Crippen molar-refractivity contribution in [3.05, 3.63) is 59.5 Å². The van der Waals surface area contributed by atoms with Crippen LogP contribution in [0.2, 0.25) is 0 Å². The summed E-state index contributed by atoms with van der Waals surface area (Å²) >= 11 is 0. The van der Waals surface area contributed by atoms with Gasteiger partial charge in [0.2, 0.25) is 5.91 Å². The summed E-state index contributed by atoms with van der Waals surface area (Å²) in [7, 11) is 0. The zero-order chi connectivity index (χ0) is 17.3. The summed E-state index contributed by atoms with van der Waals surface area (Å²) < 4.78 is 14.1. The molecule has 1 heterocycles. The number of fused-ring (bicyclic) bond motifs is 1. The van der Waals surface area contributed by atoms with Gasteiger partial charge in [0, 0.05) is 34.9 Å². The second-order valence-electron chi connectivity index (χ2n) is 5.50. The monoisotopic (exact) mass is 325 g/mol. The molecule has 0 unspecified atom stereocenters. The van der Waals surface area contributed by atoms with Crippen LogP contribution >= 0.6 is 0 Å². The Morgan fingerprint density at radius 3 is 2.25 bits per heavy atom. The smallest absolute Gasteiger partial charge is 0.258 e. The summed E-state index contributed by atoms with van der Waals surface area (Å²) in [5, 5.41) is 5.67. The Kier molecular flexibility index (Phi) is 4.04. The lowest BCUT2D eigenvalue weighted by molar-refractivity contribution is -0.114. The number of carbonyl (C=O) groups is 2. The number of aryl methyl sites for hydroxylation is 1. The van der Waals surface area contributed by atoms with E-state index in [4.69, 9.17) is 0 Å². The fraction of sp³-hybridized carbons (Fsp3) is 0.111. The molecular weight excluding hydrogens is 309 g/mol. The quantitative estimate of drug-likeness (QED) is 0.685. The van der Waals surface area contributed by atoms with Crippen LogP contribution in [-0.2, 0) is 4.79 Å². The first-order valence-electron chi connectivity index (χ1n) is 7.41. The molecule has 0 saturated heterocycles. The van der Waals surface area contributed by atoms with E-state index >= 15 is 0 Å². The van der Waals surface area contributed by atoms with Crippen LogP contribution in [0.15, 0.2) is 42.5 Å². The maximum Gasteiger partial charge on any atom is 0.258 e. The van der Waals surface area contributed by atoms with E-state index < -0.39 is 11.7 Å². The third-order valence-corrected chi connectivity index (χ3v) is 3.65. The molecule has 3 rings (SSSR count). The van der Waals surface area contributed by atoms with Crippen molar-refractivity contribution in [1.29, 1.82) is 0 Å². The number of carbonyl (C=O) groups excluding carboxylic acids is 2. The summed E-state index contributed by atoms with van der Waals surface area (Å²) in [5.74, 6) is -1.00. The number of benzene rings is 2. The minimum atomic E-state index is -0.442. The van der Waals surface area contributed by atoms with Gasteiger partial charge in [-0.05, 0) is 43.3 Å². The van der Waals surface area contributed by atoms with E-state index in [1.807, 2.05) is 0 Å². The molecule has 3 aromatic rings. The van der Waals surface area contributed by atoms with Gasteiger partial charge in [0.15, 0.2) is 0 Å². The highest BCUT2D eigenvalue weighted by Crippen LogP contribution is 2.26. The van der Waals surface area contributed by atoms with Crippen molar-refractivity contribution < 1.29 is 14.0 Å². The predicted octanol–water partition coefficient (Wildman–Crippen LogP) is 3.83. The Hall–Kier alpha value is -3.15. The normalized spacial score (nSPS) is 10.6. The van der Waals surface area contributed by atoms with Crippen molar-refractivity contribution in [2.24, 2.45) is 0 Å². The molecule has 5 nitrogen and oxygen atoms in total. The predicted molar refractivity (Wildman–Crippen MR) is 91.7 cm³/mol. The van der Waals surface area contributed by atoms with E-state index in [2.05, 4.69) is 15.6 Å². The molecule has 0 aliphatic heterocycles. The van der Waals surface area contributed by atoms with Crippen LogP contribution in [0.3, 0.4) is 0 Å². The van der Waals surface area contributed by atoms with Crippen LogP contribution in [0, 0.1) is 12.7 Å². The molecule has 2 amide bonds. The number of amides is 2. The van der Waals surface area contributed by atoms with Crippen molar-refractivity contribution in [2.45, 2.75) is 13.8 Å². The van der Waals surface area contributed by atoms with Gasteiger partial charge in [0.25, 0.3) is 5.91 Å². The van der Waals surface area contributed by atoms with E-state index in [9.17, 15) is 14.0 Å². The molecule has 0 fully saturated rings. The zero-order valence-corrected chi connectivity index (χ0v) is 13.2. The molecule has 0 aliphatic carbocycles. The van der Waals surface area contributed by atoms with E-state index in [-0.39, 0.29) is 16.9 Å². The third-order valence-electron chi connectivity index (χ3n) is 3.65. The molecule has 122 valence electrons. The van der Waals surface area contributed by atoms with Crippen LogP contribution < -0.4 is 10.6 Å². The molecule has 0 atom stereocenters. The van der Waals surface area contributed by atoms with Gasteiger partial charge in [0.1, 0.15) is 5.82 Å². The fourth-order valence-electron chi connectivity index (χ4n) is 2.65. The first kappa shape index (κ1) is 15.7. The average Bonchev–Trinajstić information content (AvgIpc) is 2.86. The van der Waals surface area contributed by atoms with Gasteiger partial charge in [-0.15, -0.1) is 0 Å². The van der Waals surface area contributed by atoms with E-state index in [1.165, 1.54) is 13.0 Å². The summed E-state index contributed by atoms with van der Waals surface area (Å²) in [6, 6.07) is 11.3.